The van der Waals surface area contributed by atoms with Crippen molar-refractivity contribution in [1.82, 2.24) is 16.0 Å². The summed E-state index contributed by atoms with van der Waals surface area (Å²) < 4.78 is 66.3. The number of aliphatic imine (C=N–C) groups is 1. The van der Waals surface area contributed by atoms with Gasteiger partial charge in [0, 0.05) is 18.8 Å². The van der Waals surface area contributed by atoms with Gasteiger partial charge in [-0.25, -0.2) is 0 Å². The van der Waals surface area contributed by atoms with Crippen molar-refractivity contribution in [2.75, 3.05) is 0 Å². The van der Waals surface area contributed by atoms with Crippen LogP contribution in [0.1, 0.15) is 32.4 Å². The quantitative estimate of drug-likeness (QED) is 0.601. The maximum absolute atomic E-state index is 13.0. The Bertz CT molecular complexity index is 864. The van der Waals surface area contributed by atoms with Crippen LogP contribution in [-0.4, -0.2) is 36.0 Å². The molecule has 0 bridgehead atoms. The number of rotatable bonds is 6. The Kier molecular flexibility index (Phi) is 6.38. The van der Waals surface area contributed by atoms with Crippen molar-refractivity contribution in [3.05, 3.63) is 41.7 Å². The van der Waals surface area contributed by atoms with Gasteiger partial charge in [-0.2, -0.15) is 22.0 Å². The van der Waals surface area contributed by atoms with E-state index in [2.05, 4.69) is 25.7 Å². The van der Waals surface area contributed by atoms with E-state index in [-0.39, 0.29) is 0 Å². The number of carbonyl (C=O) groups excluding carboxylic acids is 2. The van der Waals surface area contributed by atoms with Gasteiger partial charge in [-0.3, -0.25) is 14.6 Å². The molecular weight excluding hydrogens is 415 g/mol. The lowest BCUT2D eigenvalue weighted by molar-refractivity contribution is -0.360. The third kappa shape index (κ3) is 5.24. The number of hydrogen-bond donors (Lipinski definition) is 3. The molecule has 2 amide bonds. The second-order valence-electron chi connectivity index (χ2n) is 6.59. The van der Waals surface area contributed by atoms with Crippen LogP contribution in [-0.2, 0) is 9.59 Å². The summed E-state index contributed by atoms with van der Waals surface area (Å²) in [6, 6.07) is 3.61. The molecule has 1 aliphatic rings. The summed E-state index contributed by atoms with van der Waals surface area (Å²) >= 11 is 0. The number of hydrogen-bond acceptors (Lipinski definition) is 5. The van der Waals surface area contributed by atoms with Crippen LogP contribution < -0.4 is 20.7 Å². The molecule has 1 aliphatic heterocycles. The lowest BCUT2D eigenvalue weighted by atomic mass is 10.1. The molecule has 0 aromatic heterocycles. The van der Waals surface area contributed by atoms with Crippen molar-refractivity contribution in [3.8, 4) is 5.75 Å². The van der Waals surface area contributed by atoms with Gasteiger partial charge < -0.3 is 20.7 Å². The molecule has 0 spiro atoms. The van der Waals surface area contributed by atoms with Crippen LogP contribution in [0.25, 0.3) is 0 Å². The first kappa shape index (κ1) is 23.1. The average Bonchev–Trinajstić information content (AvgIpc) is 2.60. The third-order valence-corrected chi connectivity index (χ3v) is 3.97. The fraction of sp³-hybridized carbons (Fsp3) is 0.389. The topological polar surface area (TPSA) is 91.8 Å². The summed E-state index contributed by atoms with van der Waals surface area (Å²) in [7, 11) is 0. The number of nitrogens with zero attached hydrogens (tertiary/aromatic N) is 1. The van der Waals surface area contributed by atoms with E-state index in [1.807, 2.05) is 0 Å². The van der Waals surface area contributed by atoms with Crippen molar-refractivity contribution >= 4 is 18.0 Å². The third-order valence-electron chi connectivity index (χ3n) is 3.97. The molecule has 0 saturated heterocycles. The van der Waals surface area contributed by atoms with Gasteiger partial charge in [0.2, 0.25) is 11.6 Å². The Morgan fingerprint density at radius 3 is 2.27 bits per heavy atom. The molecule has 2 unspecified atom stereocenters. The Morgan fingerprint density at radius 2 is 1.77 bits per heavy atom. The van der Waals surface area contributed by atoms with Crippen molar-refractivity contribution in [2.45, 2.75) is 44.8 Å². The Hall–Kier alpha value is -3.18. The minimum Gasteiger partial charge on any atom is -0.426 e. The van der Waals surface area contributed by atoms with Gasteiger partial charge in [0.05, 0.1) is 12.3 Å². The standard InChI is InChI=1S/C18H19F5N4O3/c1-10-8-24-9-16(26-10,27-12(3)28)15(29)25-11(2)13-4-6-14(7-5-13)30-18(22,23)17(19,20)21/h4-9,11,26H,1-3H3,(H,25,29)(H,27,28). The van der Waals surface area contributed by atoms with E-state index >= 15 is 0 Å². The number of benzene rings is 1. The van der Waals surface area contributed by atoms with Crippen LogP contribution in [0.4, 0.5) is 22.0 Å². The van der Waals surface area contributed by atoms with Gasteiger partial charge in [-0.15, -0.1) is 0 Å². The predicted octanol–water partition coefficient (Wildman–Crippen LogP) is 2.77. The first-order chi connectivity index (χ1) is 13.8. The van der Waals surface area contributed by atoms with Crippen molar-refractivity contribution in [3.63, 3.8) is 0 Å². The summed E-state index contributed by atoms with van der Waals surface area (Å²) in [5.74, 6) is -1.86. The highest BCUT2D eigenvalue weighted by Crippen LogP contribution is 2.37. The lowest BCUT2D eigenvalue weighted by Gasteiger charge is -2.34. The summed E-state index contributed by atoms with van der Waals surface area (Å²) in [6.07, 6.45) is -8.53. The summed E-state index contributed by atoms with van der Waals surface area (Å²) in [4.78, 5) is 28.3. The van der Waals surface area contributed by atoms with Gasteiger partial charge in [0.1, 0.15) is 5.75 Å². The molecule has 12 heteroatoms. The molecule has 7 nitrogen and oxygen atoms in total. The molecule has 0 aliphatic carbocycles. The minimum atomic E-state index is -5.86. The summed E-state index contributed by atoms with van der Waals surface area (Å²) in [5.41, 5.74) is -0.735. The first-order valence-corrected chi connectivity index (χ1v) is 8.58. The summed E-state index contributed by atoms with van der Waals surface area (Å²) in [5, 5.41) is 7.91. The highest BCUT2D eigenvalue weighted by atomic mass is 19.4. The highest BCUT2D eigenvalue weighted by Gasteiger charge is 2.61. The van der Waals surface area contributed by atoms with Gasteiger partial charge in [-0.05, 0) is 31.5 Å². The maximum Gasteiger partial charge on any atom is 0.499 e. The Morgan fingerprint density at radius 1 is 1.17 bits per heavy atom. The number of nitrogens with one attached hydrogen (secondary N) is 3. The molecule has 1 aromatic rings. The molecule has 30 heavy (non-hydrogen) atoms. The molecule has 0 saturated carbocycles. The van der Waals surface area contributed by atoms with Gasteiger partial charge in [0.15, 0.2) is 0 Å². The molecule has 2 rings (SSSR count). The number of allylic oxidation sites excluding steroid dienone is 1. The average molecular weight is 434 g/mol. The van der Waals surface area contributed by atoms with Crippen LogP contribution >= 0.6 is 0 Å². The van der Waals surface area contributed by atoms with Crippen LogP contribution in [0.2, 0.25) is 0 Å². The molecule has 1 aromatic carbocycles. The molecule has 3 N–H and O–H groups in total. The second-order valence-corrected chi connectivity index (χ2v) is 6.59. The zero-order valence-electron chi connectivity index (χ0n) is 16.1. The number of amides is 2. The molecule has 2 atom stereocenters. The van der Waals surface area contributed by atoms with E-state index in [1.165, 1.54) is 31.5 Å². The molecule has 0 radical (unpaired) electrons. The lowest BCUT2D eigenvalue weighted by Crippen LogP contribution is -2.68. The predicted molar refractivity (Wildman–Crippen MR) is 96.6 cm³/mol. The minimum absolute atomic E-state index is 0.393. The number of halogens is 5. The van der Waals surface area contributed by atoms with Crippen LogP contribution in [0.5, 0.6) is 5.75 Å². The van der Waals surface area contributed by atoms with Crippen molar-refractivity contribution in [1.29, 1.82) is 0 Å². The van der Waals surface area contributed by atoms with Crippen molar-refractivity contribution < 1.29 is 36.3 Å². The maximum atomic E-state index is 13.0. The first-order valence-electron chi connectivity index (χ1n) is 8.58. The summed E-state index contributed by atoms with van der Waals surface area (Å²) in [6.45, 7) is 4.42. The van der Waals surface area contributed by atoms with Crippen LogP contribution in [0, 0.1) is 0 Å². The Balaban J connectivity index is 2.12. The van der Waals surface area contributed by atoms with E-state index < -0.39 is 41.6 Å². The largest absolute Gasteiger partial charge is 0.499 e. The van der Waals surface area contributed by atoms with Crippen molar-refractivity contribution in [2.24, 2.45) is 4.99 Å². The monoisotopic (exact) mass is 434 g/mol. The number of ether oxygens (including phenoxy) is 1. The number of carbonyl (C=O) groups is 2. The SMILES string of the molecule is CC(=O)NC1(C(=O)NC(C)c2ccc(OC(F)(F)C(F)(F)F)cc2)C=NC=C(C)N1. The van der Waals surface area contributed by atoms with E-state index in [9.17, 15) is 31.5 Å². The number of alkyl halides is 5. The second kappa shape index (κ2) is 8.28. The van der Waals surface area contributed by atoms with E-state index in [1.54, 1.807) is 13.8 Å². The van der Waals surface area contributed by atoms with E-state index in [0.717, 1.165) is 12.1 Å². The van der Waals surface area contributed by atoms with Gasteiger partial charge in [0.25, 0.3) is 5.91 Å². The molecule has 164 valence electrons. The fourth-order valence-corrected chi connectivity index (χ4v) is 2.57. The fourth-order valence-electron chi connectivity index (χ4n) is 2.57. The van der Waals surface area contributed by atoms with Gasteiger partial charge >= 0.3 is 12.3 Å². The van der Waals surface area contributed by atoms with Crippen LogP contribution in [0.3, 0.4) is 0 Å². The normalized spacial score (nSPS) is 19.9. The smallest absolute Gasteiger partial charge is 0.426 e. The zero-order valence-corrected chi connectivity index (χ0v) is 16.1. The highest BCUT2D eigenvalue weighted by molar-refractivity contribution is 6.06. The van der Waals surface area contributed by atoms with E-state index in [4.69, 9.17) is 0 Å². The van der Waals surface area contributed by atoms with Gasteiger partial charge in [-0.1, -0.05) is 12.1 Å². The molecule has 0 fully saturated rings. The molecular formula is C18H19F5N4O3. The van der Waals surface area contributed by atoms with E-state index in [0.29, 0.717) is 11.3 Å². The zero-order chi connectivity index (χ0) is 22.7. The molecule has 1 heterocycles. The van der Waals surface area contributed by atoms with Crippen LogP contribution in [0.15, 0.2) is 41.2 Å². The Labute approximate surface area is 168 Å².